The number of hydrogen-bond acceptors (Lipinski definition) is 2. The summed E-state index contributed by atoms with van der Waals surface area (Å²) in [5, 5.41) is 9.01. The normalized spacial score (nSPS) is 26.2. The van der Waals surface area contributed by atoms with E-state index in [1.807, 2.05) is 0 Å². The maximum absolute atomic E-state index is 9.01. The second-order valence-corrected chi connectivity index (χ2v) is 3.80. The van der Waals surface area contributed by atoms with E-state index in [2.05, 4.69) is 3.82 Å². The predicted molar refractivity (Wildman–Crippen MR) is 35.4 cm³/mol. The number of nitrogens with zero attached hydrogens (tertiary/aromatic N) is 1. The standard InChI is InChI=1S/C5H12AsNO/c6-7-3-1-5(8)2-4-7/h5,8H,1-4,6H2. The van der Waals surface area contributed by atoms with Gasteiger partial charge in [-0.3, -0.25) is 0 Å². The van der Waals surface area contributed by atoms with E-state index >= 15 is 0 Å². The van der Waals surface area contributed by atoms with E-state index in [4.69, 9.17) is 5.11 Å². The molecule has 0 aromatic heterocycles. The molecule has 0 amide bonds. The number of piperidine rings is 1. The molecule has 2 nitrogen and oxygen atoms in total. The Morgan fingerprint density at radius 3 is 2.25 bits per heavy atom. The molecule has 1 fully saturated rings. The van der Waals surface area contributed by atoms with Crippen LogP contribution in [0.2, 0.25) is 0 Å². The Morgan fingerprint density at radius 1 is 1.38 bits per heavy atom. The molecular weight excluding hydrogens is 165 g/mol. The first-order valence-corrected chi connectivity index (χ1v) is 4.05. The Labute approximate surface area is 58.6 Å². The van der Waals surface area contributed by atoms with Crippen LogP contribution < -0.4 is 0 Å². The topological polar surface area (TPSA) is 23.5 Å². The first-order chi connectivity index (χ1) is 3.79. The predicted octanol–water partition coefficient (Wildman–Crippen LogP) is -1.01. The molecule has 0 bridgehead atoms. The van der Waals surface area contributed by atoms with Gasteiger partial charge in [0.15, 0.2) is 0 Å². The Morgan fingerprint density at radius 2 is 1.88 bits per heavy atom. The van der Waals surface area contributed by atoms with Gasteiger partial charge in [0.2, 0.25) is 0 Å². The van der Waals surface area contributed by atoms with Crippen LogP contribution in [0.4, 0.5) is 0 Å². The first kappa shape index (κ1) is 6.60. The van der Waals surface area contributed by atoms with Gasteiger partial charge in [0.25, 0.3) is 0 Å². The van der Waals surface area contributed by atoms with Crippen LogP contribution in [-0.2, 0) is 0 Å². The number of aliphatic hydroxyl groups excluding tert-OH is 1. The zero-order valence-electron chi connectivity index (χ0n) is 4.88. The summed E-state index contributed by atoms with van der Waals surface area (Å²) in [5.74, 6) is 0. The first-order valence-electron chi connectivity index (χ1n) is 2.97. The van der Waals surface area contributed by atoms with Gasteiger partial charge in [-0.05, 0) is 0 Å². The third-order valence-electron chi connectivity index (χ3n) is 1.50. The van der Waals surface area contributed by atoms with Gasteiger partial charge in [-0.1, -0.05) is 0 Å². The van der Waals surface area contributed by atoms with Crippen LogP contribution in [0, 0.1) is 0 Å². The molecule has 1 saturated heterocycles. The monoisotopic (exact) mass is 177 g/mol. The molecule has 0 spiro atoms. The second-order valence-electron chi connectivity index (χ2n) is 2.27. The minimum atomic E-state index is -0.0120. The van der Waals surface area contributed by atoms with E-state index in [1.54, 1.807) is 17.1 Å². The molecule has 0 aromatic rings. The SMILES string of the molecule is OC1CCN([AsH2])CC1. The van der Waals surface area contributed by atoms with E-state index in [-0.39, 0.29) is 6.10 Å². The Balaban J connectivity index is 2.19. The molecule has 3 heteroatoms. The van der Waals surface area contributed by atoms with Gasteiger partial charge >= 0.3 is 58.0 Å². The van der Waals surface area contributed by atoms with Crippen molar-refractivity contribution in [1.82, 2.24) is 3.82 Å². The van der Waals surface area contributed by atoms with Crippen molar-refractivity contribution < 1.29 is 5.11 Å². The van der Waals surface area contributed by atoms with Gasteiger partial charge in [-0.2, -0.15) is 0 Å². The second kappa shape index (κ2) is 2.86. The molecule has 1 aliphatic heterocycles. The van der Waals surface area contributed by atoms with Crippen molar-refractivity contribution in [2.75, 3.05) is 13.1 Å². The quantitative estimate of drug-likeness (QED) is 0.479. The Bertz CT molecular complexity index is 60.8. The number of rotatable bonds is 0. The summed E-state index contributed by atoms with van der Waals surface area (Å²) in [7, 11) is 0. The van der Waals surface area contributed by atoms with Gasteiger partial charge in [-0.25, -0.2) is 0 Å². The fourth-order valence-corrected chi connectivity index (χ4v) is 1.51. The van der Waals surface area contributed by atoms with E-state index in [1.165, 1.54) is 0 Å². The fraction of sp³-hybridized carbons (Fsp3) is 1.00. The molecule has 1 aliphatic rings. The van der Waals surface area contributed by atoms with E-state index in [0.717, 1.165) is 25.9 Å². The average molecular weight is 177 g/mol. The van der Waals surface area contributed by atoms with Gasteiger partial charge in [-0.15, -0.1) is 0 Å². The van der Waals surface area contributed by atoms with Crippen LogP contribution in [-0.4, -0.2) is 45.2 Å². The summed E-state index contributed by atoms with van der Waals surface area (Å²) in [6.45, 7) is 2.17. The van der Waals surface area contributed by atoms with Gasteiger partial charge in [0.05, 0.1) is 0 Å². The van der Waals surface area contributed by atoms with Crippen molar-refractivity contribution in [3.05, 3.63) is 0 Å². The van der Waals surface area contributed by atoms with Crippen molar-refractivity contribution >= 4 is 17.1 Å². The summed E-state index contributed by atoms with van der Waals surface area (Å²) in [5.41, 5.74) is 0. The Kier molecular flexibility index (Phi) is 2.36. The molecule has 1 N–H and O–H groups in total. The van der Waals surface area contributed by atoms with Crippen molar-refractivity contribution in [2.24, 2.45) is 0 Å². The Hall–Kier alpha value is 0.478. The van der Waals surface area contributed by atoms with Crippen LogP contribution in [0.25, 0.3) is 0 Å². The molecule has 1 heterocycles. The number of aliphatic hydroxyl groups is 1. The molecule has 0 aromatic carbocycles. The fourth-order valence-electron chi connectivity index (χ4n) is 0.886. The van der Waals surface area contributed by atoms with Crippen molar-refractivity contribution in [2.45, 2.75) is 18.9 Å². The maximum atomic E-state index is 9.01. The third kappa shape index (κ3) is 1.77. The zero-order chi connectivity index (χ0) is 5.98. The summed E-state index contributed by atoms with van der Waals surface area (Å²) in [4.78, 5) is 0. The summed E-state index contributed by atoms with van der Waals surface area (Å²) >= 11 is 1.67. The van der Waals surface area contributed by atoms with Crippen LogP contribution >= 0.6 is 0 Å². The minimum absolute atomic E-state index is 0.0120. The van der Waals surface area contributed by atoms with Crippen LogP contribution in [0.1, 0.15) is 12.8 Å². The molecular formula is C5H12AsNO. The molecule has 1 unspecified atom stereocenters. The van der Waals surface area contributed by atoms with Crippen molar-refractivity contribution in [3.63, 3.8) is 0 Å². The van der Waals surface area contributed by atoms with Crippen molar-refractivity contribution in [1.29, 1.82) is 0 Å². The van der Waals surface area contributed by atoms with Gasteiger partial charge < -0.3 is 0 Å². The zero-order valence-corrected chi connectivity index (χ0v) is 7.30. The molecule has 8 heavy (non-hydrogen) atoms. The summed E-state index contributed by atoms with van der Waals surface area (Å²) in [6.07, 6.45) is 1.93. The third-order valence-corrected chi connectivity index (χ3v) is 2.58. The summed E-state index contributed by atoms with van der Waals surface area (Å²) in [6, 6.07) is 0. The molecule has 1 atom stereocenters. The molecule has 0 radical (unpaired) electrons. The van der Waals surface area contributed by atoms with Crippen molar-refractivity contribution in [3.8, 4) is 0 Å². The van der Waals surface area contributed by atoms with E-state index in [0.29, 0.717) is 0 Å². The summed E-state index contributed by atoms with van der Waals surface area (Å²) < 4.78 is 2.31. The van der Waals surface area contributed by atoms with Crippen LogP contribution in [0.15, 0.2) is 0 Å². The van der Waals surface area contributed by atoms with Crippen LogP contribution in [0.5, 0.6) is 0 Å². The van der Waals surface area contributed by atoms with Gasteiger partial charge in [0.1, 0.15) is 0 Å². The van der Waals surface area contributed by atoms with Gasteiger partial charge in [0, 0.05) is 0 Å². The van der Waals surface area contributed by atoms with E-state index < -0.39 is 0 Å². The number of hydrogen-bond donors (Lipinski definition) is 1. The molecule has 48 valence electrons. The molecule has 0 saturated carbocycles. The molecule has 1 rings (SSSR count). The average Bonchev–Trinajstić information content (AvgIpc) is 1.77. The van der Waals surface area contributed by atoms with E-state index in [9.17, 15) is 0 Å². The molecule has 0 aliphatic carbocycles. The van der Waals surface area contributed by atoms with Crippen LogP contribution in [0.3, 0.4) is 0 Å².